The largest absolute Gasteiger partial charge is 0.497 e. The summed E-state index contributed by atoms with van der Waals surface area (Å²) >= 11 is 3.41. The molecule has 2 N–H and O–H groups in total. The summed E-state index contributed by atoms with van der Waals surface area (Å²) in [7, 11) is 3.03. The molecule has 1 heterocycles. The maximum absolute atomic E-state index is 12.6. The van der Waals surface area contributed by atoms with E-state index in [1.165, 1.54) is 14.2 Å². The number of amides is 2. The number of anilines is 1. The van der Waals surface area contributed by atoms with E-state index in [-0.39, 0.29) is 11.6 Å². The van der Waals surface area contributed by atoms with Crippen molar-refractivity contribution < 1.29 is 14.3 Å². The van der Waals surface area contributed by atoms with Gasteiger partial charge in [-0.3, -0.25) is 9.59 Å². The summed E-state index contributed by atoms with van der Waals surface area (Å²) in [5.74, 6) is -0.228. The lowest BCUT2D eigenvalue weighted by atomic mass is 10.1. The lowest BCUT2D eigenvalue weighted by Gasteiger charge is -2.11. The van der Waals surface area contributed by atoms with E-state index in [9.17, 15) is 9.59 Å². The van der Waals surface area contributed by atoms with Gasteiger partial charge < -0.3 is 15.4 Å². The molecule has 7 nitrogen and oxygen atoms in total. The van der Waals surface area contributed by atoms with Gasteiger partial charge in [0.05, 0.1) is 24.0 Å². The van der Waals surface area contributed by atoms with Crippen LogP contribution in [0.15, 0.2) is 59.2 Å². The van der Waals surface area contributed by atoms with Crippen molar-refractivity contribution in [1.29, 1.82) is 0 Å². The molecule has 2 aromatic carbocycles. The van der Waals surface area contributed by atoms with E-state index in [0.29, 0.717) is 17.0 Å². The van der Waals surface area contributed by atoms with Crippen LogP contribution >= 0.6 is 15.9 Å². The average Bonchev–Trinajstić information content (AvgIpc) is 3.18. The fraction of sp³-hybridized carbons (Fsp3) is 0.105. The summed E-state index contributed by atoms with van der Waals surface area (Å²) in [6.45, 7) is 0. The molecule has 0 aliphatic heterocycles. The van der Waals surface area contributed by atoms with Crippen LogP contribution in [0.3, 0.4) is 0 Å². The van der Waals surface area contributed by atoms with Crippen LogP contribution in [0.4, 0.5) is 5.69 Å². The van der Waals surface area contributed by atoms with E-state index in [2.05, 4.69) is 31.7 Å². The fourth-order valence-electron chi connectivity index (χ4n) is 2.48. The first-order valence-electron chi connectivity index (χ1n) is 8.05. The lowest BCUT2D eigenvalue weighted by Crippen LogP contribution is -2.22. The summed E-state index contributed by atoms with van der Waals surface area (Å²) in [4.78, 5) is 24.7. The van der Waals surface area contributed by atoms with Gasteiger partial charge in [-0.05, 0) is 42.5 Å². The Bertz CT molecular complexity index is 1000. The van der Waals surface area contributed by atoms with Gasteiger partial charge in [-0.15, -0.1) is 0 Å². The number of aromatic nitrogens is 2. The first kappa shape index (κ1) is 18.7. The summed E-state index contributed by atoms with van der Waals surface area (Å²) < 4.78 is 7.66. The van der Waals surface area contributed by atoms with Crippen molar-refractivity contribution in [3.63, 3.8) is 0 Å². The SMILES string of the molecule is CNC(=O)c1cc(OC)ccc1NC(=O)c1ccn(-c2cccc(Br)c2)n1. The summed E-state index contributed by atoms with van der Waals surface area (Å²) in [6.07, 6.45) is 1.70. The Morgan fingerprint density at radius 1 is 1.11 bits per heavy atom. The third kappa shape index (κ3) is 4.17. The standard InChI is InChI=1S/C19H17BrN4O3/c1-21-18(25)15-11-14(27-2)6-7-16(15)22-19(26)17-8-9-24(23-17)13-5-3-4-12(20)10-13/h3-11H,1-2H3,(H,21,25)(H,22,26). The Morgan fingerprint density at radius 2 is 1.93 bits per heavy atom. The minimum absolute atomic E-state index is 0.230. The maximum atomic E-state index is 12.6. The molecular weight excluding hydrogens is 412 g/mol. The zero-order valence-electron chi connectivity index (χ0n) is 14.7. The van der Waals surface area contributed by atoms with Crippen LogP contribution < -0.4 is 15.4 Å². The molecule has 138 valence electrons. The molecule has 0 bridgehead atoms. The fourth-order valence-corrected chi connectivity index (χ4v) is 2.86. The van der Waals surface area contributed by atoms with E-state index >= 15 is 0 Å². The second-order valence-corrected chi connectivity index (χ2v) is 6.49. The predicted molar refractivity (Wildman–Crippen MR) is 106 cm³/mol. The minimum atomic E-state index is -0.418. The maximum Gasteiger partial charge on any atom is 0.276 e. The number of hydrogen-bond donors (Lipinski definition) is 2. The number of halogens is 1. The Hall–Kier alpha value is -3.13. The van der Waals surface area contributed by atoms with Crippen LogP contribution in [-0.4, -0.2) is 35.8 Å². The van der Waals surface area contributed by atoms with E-state index in [4.69, 9.17) is 4.74 Å². The molecule has 0 spiro atoms. The molecule has 3 aromatic rings. The lowest BCUT2D eigenvalue weighted by molar-refractivity contribution is 0.0963. The van der Waals surface area contributed by atoms with Crippen molar-refractivity contribution in [2.24, 2.45) is 0 Å². The zero-order chi connectivity index (χ0) is 19.4. The van der Waals surface area contributed by atoms with Gasteiger partial charge in [0.1, 0.15) is 5.75 Å². The molecule has 0 aliphatic carbocycles. The van der Waals surface area contributed by atoms with E-state index < -0.39 is 5.91 Å². The topological polar surface area (TPSA) is 85.3 Å². The average molecular weight is 429 g/mol. The molecule has 1 aromatic heterocycles. The van der Waals surface area contributed by atoms with E-state index in [1.54, 1.807) is 35.1 Å². The number of methoxy groups -OCH3 is 1. The number of carbonyl (C=O) groups is 2. The Kier molecular flexibility index (Phi) is 5.56. The van der Waals surface area contributed by atoms with E-state index in [1.807, 2.05) is 24.3 Å². The zero-order valence-corrected chi connectivity index (χ0v) is 16.3. The number of nitrogens with one attached hydrogen (secondary N) is 2. The van der Waals surface area contributed by atoms with Gasteiger partial charge in [-0.2, -0.15) is 5.10 Å². The quantitative estimate of drug-likeness (QED) is 0.652. The number of carbonyl (C=O) groups excluding carboxylic acids is 2. The molecule has 0 radical (unpaired) electrons. The number of rotatable bonds is 5. The third-order valence-corrected chi connectivity index (χ3v) is 4.33. The molecule has 0 saturated heterocycles. The highest BCUT2D eigenvalue weighted by Crippen LogP contribution is 2.23. The van der Waals surface area contributed by atoms with Crippen molar-refractivity contribution in [3.8, 4) is 11.4 Å². The number of nitrogens with zero attached hydrogens (tertiary/aromatic N) is 2. The number of hydrogen-bond acceptors (Lipinski definition) is 4. The van der Waals surface area contributed by atoms with Gasteiger partial charge >= 0.3 is 0 Å². The molecule has 0 unspecified atom stereocenters. The van der Waals surface area contributed by atoms with Gasteiger partial charge in [0.2, 0.25) is 0 Å². The van der Waals surface area contributed by atoms with Crippen molar-refractivity contribution in [1.82, 2.24) is 15.1 Å². The van der Waals surface area contributed by atoms with Gasteiger partial charge in [-0.1, -0.05) is 22.0 Å². The second kappa shape index (κ2) is 8.05. The van der Waals surface area contributed by atoms with Gasteiger partial charge in [-0.25, -0.2) is 4.68 Å². The summed E-state index contributed by atoms with van der Waals surface area (Å²) in [5.41, 5.74) is 1.72. The van der Waals surface area contributed by atoms with Gasteiger partial charge in [0, 0.05) is 17.7 Å². The molecule has 0 aliphatic rings. The highest BCUT2D eigenvalue weighted by molar-refractivity contribution is 9.10. The van der Waals surface area contributed by atoms with Crippen LogP contribution in [0.25, 0.3) is 5.69 Å². The molecule has 0 atom stereocenters. The van der Waals surface area contributed by atoms with Crippen LogP contribution in [0.1, 0.15) is 20.8 Å². The Balaban J connectivity index is 1.85. The smallest absolute Gasteiger partial charge is 0.276 e. The number of benzene rings is 2. The van der Waals surface area contributed by atoms with Crippen molar-refractivity contribution in [3.05, 3.63) is 70.5 Å². The summed E-state index contributed by atoms with van der Waals surface area (Å²) in [6, 6.07) is 14.0. The van der Waals surface area contributed by atoms with Crippen LogP contribution in [0, 0.1) is 0 Å². The van der Waals surface area contributed by atoms with Crippen molar-refractivity contribution in [2.45, 2.75) is 0 Å². The van der Waals surface area contributed by atoms with Crippen LogP contribution in [0.5, 0.6) is 5.75 Å². The molecule has 8 heteroatoms. The van der Waals surface area contributed by atoms with E-state index in [0.717, 1.165) is 10.2 Å². The van der Waals surface area contributed by atoms with Gasteiger partial charge in [0.15, 0.2) is 5.69 Å². The monoisotopic (exact) mass is 428 g/mol. The Labute approximate surface area is 164 Å². The van der Waals surface area contributed by atoms with Crippen molar-refractivity contribution >= 4 is 33.4 Å². The second-order valence-electron chi connectivity index (χ2n) is 5.57. The third-order valence-electron chi connectivity index (χ3n) is 3.84. The van der Waals surface area contributed by atoms with Gasteiger partial charge in [0.25, 0.3) is 11.8 Å². The first-order chi connectivity index (χ1) is 13.0. The molecule has 27 heavy (non-hydrogen) atoms. The van der Waals surface area contributed by atoms with Crippen LogP contribution in [0.2, 0.25) is 0 Å². The number of ether oxygens (including phenoxy) is 1. The first-order valence-corrected chi connectivity index (χ1v) is 8.84. The molecule has 0 fully saturated rings. The van der Waals surface area contributed by atoms with Crippen LogP contribution in [-0.2, 0) is 0 Å². The highest BCUT2D eigenvalue weighted by Gasteiger charge is 2.16. The molecular formula is C19H17BrN4O3. The molecule has 3 rings (SSSR count). The summed E-state index contributed by atoms with van der Waals surface area (Å²) in [5, 5.41) is 9.58. The molecule has 0 saturated carbocycles. The normalized spacial score (nSPS) is 10.3. The van der Waals surface area contributed by atoms with Crippen molar-refractivity contribution in [2.75, 3.05) is 19.5 Å². The highest BCUT2D eigenvalue weighted by atomic mass is 79.9. The molecule has 2 amide bonds. The predicted octanol–water partition coefficient (Wildman–Crippen LogP) is 3.26. The Morgan fingerprint density at radius 3 is 2.63 bits per heavy atom. The minimum Gasteiger partial charge on any atom is -0.497 e.